The minimum atomic E-state index is 0.444. The number of hydrogen-bond acceptors (Lipinski definition) is 4. The molecule has 4 nitrogen and oxygen atoms in total. The van der Waals surface area contributed by atoms with Gasteiger partial charge in [-0.2, -0.15) is 0 Å². The molecule has 0 radical (unpaired) electrons. The van der Waals surface area contributed by atoms with Crippen molar-refractivity contribution in [2.45, 2.75) is 45.9 Å². The van der Waals surface area contributed by atoms with Gasteiger partial charge in [0.15, 0.2) is 5.76 Å². The van der Waals surface area contributed by atoms with Crippen LogP contribution >= 0.6 is 0 Å². The molecule has 0 aliphatic heterocycles. The number of ether oxygens (including phenoxy) is 1. The van der Waals surface area contributed by atoms with E-state index in [0.717, 1.165) is 37.4 Å². The topological polar surface area (TPSA) is 47.3 Å². The maximum Gasteiger partial charge on any atom is 0.162 e. The first-order valence-corrected chi connectivity index (χ1v) is 7.53. The first-order chi connectivity index (χ1) is 10.2. The molecule has 0 saturated heterocycles. The summed E-state index contributed by atoms with van der Waals surface area (Å²) < 4.78 is 10.9. The summed E-state index contributed by atoms with van der Waals surface area (Å²) in [7, 11) is 0. The molecule has 0 aliphatic carbocycles. The molecule has 114 valence electrons. The van der Waals surface area contributed by atoms with Gasteiger partial charge in [0.05, 0.1) is 5.69 Å². The summed E-state index contributed by atoms with van der Waals surface area (Å²) in [6.07, 6.45) is 2.06. The van der Waals surface area contributed by atoms with Crippen molar-refractivity contribution in [3.8, 4) is 0 Å². The lowest BCUT2D eigenvalue weighted by atomic mass is 10.1. The van der Waals surface area contributed by atoms with Crippen molar-refractivity contribution in [2.24, 2.45) is 0 Å². The highest BCUT2D eigenvalue weighted by molar-refractivity contribution is 5.14. The third kappa shape index (κ3) is 6.10. The largest absolute Gasteiger partial charge is 0.373 e. The number of rotatable bonds is 9. The molecule has 0 saturated carbocycles. The summed E-state index contributed by atoms with van der Waals surface area (Å²) in [4.78, 5) is 0. The Hall–Kier alpha value is -1.65. The zero-order chi connectivity index (χ0) is 14.9. The molecular formula is C17H24N2O2. The molecule has 1 aromatic heterocycles. The Bertz CT molecular complexity index is 509. The van der Waals surface area contributed by atoms with Crippen LogP contribution in [0.3, 0.4) is 0 Å². The van der Waals surface area contributed by atoms with Crippen molar-refractivity contribution >= 4 is 0 Å². The summed E-state index contributed by atoms with van der Waals surface area (Å²) in [6.45, 7) is 6.17. The van der Waals surface area contributed by atoms with Gasteiger partial charge in [-0.3, -0.25) is 0 Å². The molecule has 1 heterocycles. The van der Waals surface area contributed by atoms with Gasteiger partial charge < -0.3 is 14.6 Å². The van der Waals surface area contributed by atoms with Gasteiger partial charge in [0.2, 0.25) is 0 Å². The lowest BCUT2D eigenvalue weighted by Crippen LogP contribution is -2.21. The zero-order valence-electron chi connectivity index (χ0n) is 12.8. The minimum absolute atomic E-state index is 0.444. The third-order valence-electron chi connectivity index (χ3n) is 3.14. The molecule has 4 heteroatoms. The highest BCUT2D eigenvalue weighted by atomic mass is 16.5. The molecule has 0 amide bonds. The SMILES string of the molecule is CC(C)NCc1cc(COCCCc2ccccc2)on1. The molecule has 2 aromatic rings. The van der Waals surface area contributed by atoms with Gasteiger partial charge in [-0.05, 0) is 18.4 Å². The molecule has 0 aliphatic rings. The second-order valence-electron chi connectivity index (χ2n) is 5.46. The fourth-order valence-electron chi connectivity index (χ4n) is 2.01. The normalized spacial score (nSPS) is 11.2. The Morgan fingerprint density at radius 1 is 1.24 bits per heavy atom. The molecule has 0 unspecified atom stereocenters. The molecule has 2 rings (SSSR count). The van der Waals surface area contributed by atoms with Crippen molar-refractivity contribution in [3.05, 3.63) is 53.4 Å². The maximum absolute atomic E-state index is 5.63. The van der Waals surface area contributed by atoms with E-state index in [4.69, 9.17) is 9.26 Å². The Morgan fingerprint density at radius 2 is 2.05 bits per heavy atom. The van der Waals surface area contributed by atoms with Crippen molar-refractivity contribution in [2.75, 3.05) is 6.61 Å². The third-order valence-corrected chi connectivity index (χ3v) is 3.14. The Balaban J connectivity index is 1.60. The van der Waals surface area contributed by atoms with E-state index in [1.165, 1.54) is 5.56 Å². The van der Waals surface area contributed by atoms with E-state index < -0.39 is 0 Å². The second-order valence-corrected chi connectivity index (χ2v) is 5.46. The molecule has 1 N–H and O–H groups in total. The van der Waals surface area contributed by atoms with Crippen molar-refractivity contribution in [1.29, 1.82) is 0 Å². The van der Waals surface area contributed by atoms with E-state index in [2.05, 4.69) is 48.6 Å². The molecular weight excluding hydrogens is 264 g/mol. The minimum Gasteiger partial charge on any atom is -0.373 e. The average molecular weight is 288 g/mol. The number of nitrogens with one attached hydrogen (secondary N) is 1. The highest BCUT2D eigenvalue weighted by Gasteiger charge is 2.04. The summed E-state index contributed by atoms with van der Waals surface area (Å²) in [5.74, 6) is 0.787. The zero-order valence-corrected chi connectivity index (χ0v) is 12.8. The lowest BCUT2D eigenvalue weighted by Gasteiger charge is -2.03. The summed E-state index contributed by atoms with van der Waals surface area (Å²) >= 11 is 0. The maximum atomic E-state index is 5.63. The number of aryl methyl sites for hydroxylation is 1. The molecule has 0 fully saturated rings. The second kappa shape index (κ2) is 8.60. The van der Waals surface area contributed by atoms with E-state index in [1.54, 1.807) is 0 Å². The highest BCUT2D eigenvalue weighted by Crippen LogP contribution is 2.07. The average Bonchev–Trinajstić information content (AvgIpc) is 2.94. The molecule has 0 spiro atoms. The van der Waals surface area contributed by atoms with E-state index in [1.807, 2.05) is 12.1 Å². The first-order valence-electron chi connectivity index (χ1n) is 7.53. The van der Waals surface area contributed by atoms with Crippen LogP contribution in [0.5, 0.6) is 0 Å². The van der Waals surface area contributed by atoms with Gasteiger partial charge in [-0.15, -0.1) is 0 Å². The fourth-order valence-corrected chi connectivity index (χ4v) is 2.01. The number of benzene rings is 1. The Labute approximate surface area is 126 Å². The number of hydrogen-bond donors (Lipinski definition) is 1. The van der Waals surface area contributed by atoms with Crippen molar-refractivity contribution < 1.29 is 9.26 Å². The summed E-state index contributed by atoms with van der Waals surface area (Å²) in [5, 5.41) is 7.32. The lowest BCUT2D eigenvalue weighted by molar-refractivity contribution is 0.0992. The van der Waals surface area contributed by atoms with Crippen LogP contribution in [0, 0.1) is 0 Å². The van der Waals surface area contributed by atoms with Crippen LogP contribution in [0.25, 0.3) is 0 Å². The van der Waals surface area contributed by atoms with Crippen LogP contribution in [0.1, 0.15) is 37.3 Å². The predicted octanol–water partition coefficient (Wildman–Crippen LogP) is 3.32. The summed E-state index contributed by atoms with van der Waals surface area (Å²) in [6, 6.07) is 12.9. The molecule has 0 atom stereocenters. The van der Waals surface area contributed by atoms with Gasteiger partial charge in [0.1, 0.15) is 6.61 Å². The van der Waals surface area contributed by atoms with E-state index in [9.17, 15) is 0 Å². The van der Waals surface area contributed by atoms with Gasteiger partial charge in [-0.25, -0.2) is 0 Å². The number of nitrogens with zero attached hydrogens (tertiary/aromatic N) is 1. The number of aromatic nitrogens is 1. The van der Waals surface area contributed by atoms with Gasteiger partial charge in [0, 0.05) is 25.3 Å². The molecule has 0 bridgehead atoms. The summed E-state index contributed by atoms with van der Waals surface area (Å²) in [5.41, 5.74) is 2.27. The smallest absolute Gasteiger partial charge is 0.162 e. The van der Waals surface area contributed by atoms with Crippen LogP contribution in [-0.2, 0) is 24.3 Å². The van der Waals surface area contributed by atoms with E-state index >= 15 is 0 Å². The fraction of sp³-hybridized carbons (Fsp3) is 0.471. The van der Waals surface area contributed by atoms with Crippen LogP contribution in [0.15, 0.2) is 40.9 Å². The monoisotopic (exact) mass is 288 g/mol. The van der Waals surface area contributed by atoms with E-state index in [-0.39, 0.29) is 0 Å². The molecule has 21 heavy (non-hydrogen) atoms. The predicted molar refractivity (Wildman–Crippen MR) is 82.9 cm³/mol. The Morgan fingerprint density at radius 3 is 2.81 bits per heavy atom. The quantitative estimate of drug-likeness (QED) is 0.719. The first kappa shape index (κ1) is 15.7. The van der Waals surface area contributed by atoms with Crippen molar-refractivity contribution in [3.63, 3.8) is 0 Å². The van der Waals surface area contributed by atoms with Crippen LogP contribution < -0.4 is 5.32 Å². The van der Waals surface area contributed by atoms with Crippen molar-refractivity contribution in [1.82, 2.24) is 10.5 Å². The Kier molecular flexibility index (Phi) is 6.44. The van der Waals surface area contributed by atoms with Gasteiger partial charge in [0.25, 0.3) is 0 Å². The van der Waals surface area contributed by atoms with E-state index in [0.29, 0.717) is 12.6 Å². The van der Waals surface area contributed by atoms with Crippen LogP contribution in [0.4, 0.5) is 0 Å². The molecule has 1 aromatic carbocycles. The standard InChI is InChI=1S/C17H24N2O2/c1-14(2)18-12-16-11-17(21-19-16)13-20-10-6-9-15-7-4-3-5-8-15/h3-5,7-8,11,14,18H,6,9-10,12-13H2,1-2H3. The van der Waals surface area contributed by atoms with Gasteiger partial charge >= 0.3 is 0 Å². The van der Waals surface area contributed by atoms with Crippen LogP contribution in [-0.4, -0.2) is 17.8 Å². The van der Waals surface area contributed by atoms with Gasteiger partial charge in [-0.1, -0.05) is 49.3 Å². The van der Waals surface area contributed by atoms with Crippen LogP contribution in [0.2, 0.25) is 0 Å².